The number of carbonyl (C=O) groups is 2. The van der Waals surface area contributed by atoms with Crippen molar-refractivity contribution in [1.82, 2.24) is 5.32 Å². The van der Waals surface area contributed by atoms with E-state index in [0.29, 0.717) is 26.2 Å². The number of alkyl carbamates (subject to hydrolysis) is 1. The first-order chi connectivity index (χ1) is 16.7. The fourth-order valence-electron chi connectivity index (χ4n) is 4.07. The number of ether oxygens (including phenoxy) is 2. The molecule has 1 atom stereocenters. The largest absolute Gasteiger partial charge is 0.449 e. The first-order valence-electron chi connectivity index (χ1n) is 14.6. The zero-order chi connectivity index (χ0) is 25.0. The lowest BCUT2D eigenvalue weighted by atomic mass is 10.0. The van der Waals surface area contributed by atoms with Gasteiger partial charge in [0.05, 0.1) is 13.2 Å². The van der Waals surface area contributed by atoms with E-state index in [2.05, 4.69) is 12.2 Å². The second-order valence-corrected chi connectivity index (χ2v) is 10.0. The minimum absolute atomic E-state index is 0.208. The highest BCUT2D eigenvalue weighted by Gasteiger charge is 2.07. The highest BCUT2D eigenvalue weighted by molar-refractivity contribution is 5.67. The molecule has 0 aromatic rings. The van der Waals surface area contributed by atoms with Crippen LogP contribution in [0.5, 0.6) is 0 Å². The molecule has 0 unspecified atom stereocenters. The van der Waals surface area contributed by atoms with Crippen molar-refractivity contribution in [3.8, 4) is 0 Å². The fraction of sp³-hybridized carbons (Fsp3) is 0.931. The van der Waals surface area contributed by atoms with Crippen LogP contribution in [0.3, 0.4) is 0 Å². The third-order valence-corrected chi connectivity index (χ3v) is 6.31. The number of carbonyl (C=O) groups excluding carboxylic acids is 2. The molecule has 0 bridgehead atoms. The summed E-state index contributed by atoms with van der Waals surface area (Å²) in [5.41, 5.74) is 0. The lowest BCUT2D eigenvalue weighted by Crippen LogP contribution is -2.27. The van der Waals surface area contributed by atoms with Gasteiger partial charge < -0.3 is 19.6 Å². The molecule has 1 N–H and O–H groups in total. The predicted molar refractivity (Wildman–Crippen MR) is 143 cm³/mol. The maximum absolute atomic E-state index is 11.6. The van der Waals surface area contributed by atoms with E-state index in [-0.39, 0.29) is 12.0 Å². The molecule has 34 heavy (non-hydrogen) atoms. The number of unbranched alkanes of at least 4 members (excludes halogenated alkanes) is 18. The molecule has 1 amide bonds. The first-order valence-corrected chi connectivity index (χ1v) is 14.6. The maximum atomic E-state index is 11.6. The molecule has 202 valence electrons. The van der Waals surface area contributed by atoms with Crippen LogP contribution in [0.2, 0.25) is 0 Å². The second-order valence-electron chi connectivity index (χ2n) is 10.0. The van der Waals surface area contributed by atoms with Crippen molar-refractivity contribution >= 4 is 12.4 Å². The molecule has 0 aliphatic carbocycles. The Balaban J connectivity index is 3.23. The highest BCUT2D eigenvalue weighted by Crippen LogP contribution is 2.13. The van der Waals surface area contributed by atoms with E-state index in [4.69, 9.17) is 9.47 Å². The summed E-state index contributed by atoms with van der Waals surface area (Å²) in [4.78, 5) is 21.9. The van der Waals surface area contributed by atoms with Gasteiger partial charge in [0.25, 0.3) is 0 Å². The van der Waals surface area contributed by atoms with Gasteiger partial charge in [-0.2, -0.15) is 0 Å². The number of amides is 1. The van der Waals surface area contributed by atoms with Crippen LogP contribution in [0.1, 0.15) is 142 Å². The van der Waals surface area contributed by atoms with Crippen LogP contribution >= 0.6 is 0 Å². The van der Waals surface area contributed by atoms with Crippen molar-refractivity contribution in [3.63, 3.8) is 0 Å². The molecular weight excluding hydrogens is 426 g/mol. The van der Waals surface area contributed by atoms with Crippen LogP contribution < -0.4 is 5.32 Å². The summed E-state index contributed by atoms with van der Waals surface area (Å²) in [6.45, 7) is 6.75. The van der Waals surface area contributed by atoms with Gasteiger partial charge in [-0.05, 0) is 19.3 Å². The lowest BCUT2D eigenvalue weighted by Gasteiger charge is -2.13. The van der Waals surface area contributed by atoms with Crippen LogP contribution in [-0.2, 0) is 14.3 Å². The Kier molecular flexibility index (Phi) is 27.2. The summed E-state index contributed by atoms with van der Waals surface area (Å²) in [6, 6.07) is 0. The molecule has 0 saturated heterocycles. The van der Waals surface area contributed by atoms with Crippen LogP contribution in [-0.4, -0.2) is 38.7 Å². The SMILES string of the molecule is CCCCCCCCCCCCCCCCCCOC[C@H](C)COC(=O)NCCCCCC=O. The van der Waals surface area contributed by atoms with Crippen molar-refractivity contribution in [2.75, 3.05) is 26.4 Å². The van der Waals surface area contributed by atoms with Crippen molar-refractivity contribution in [3.05, 3.63) is 0 Å². The van der Waals surface area contributed by atoms with Crippen LogP contribution in [0.25, 0.3) is 0 Å². The Labute approximate surface area is 211 Å². The molecule has 0 heterocycles. The Morgan fingerprint density at radius 1 is 0.706 bits per heavy atom. The van der Waals surface area contributed by atoms with E-state index < -0.39 is 0 Å². The molecule has 0 fully saturated rings. The third-order valence-electron chi connectivity index (χ3n) is 6.31. The molecule has 0 spiro atoms. The van der Waals surface area contributed by atoms with Gasteiger partial charge in [-0.3, -0.25) is 0 Å². The normalized spacial score (nSPS) is 11.9. The highest BCUT2D eigenvalue weighted by atomic mass is 16.5. The van der Waals surface area contributed by atoms with Gasteiger partial charge in [0.2, 0.25) is 0 Å². The van der Waals surface area contributed by atoms with Gasteiger partial charge in [0, 0.05) is 25.5 Å². The lowest BCUT2D eigenvalue weighted by molar-refractivity contribution is -0.107. The molecule has 0 radical (unpaired) electrons. The topological polar surface area (TPSA) is 64.6 Å². The minimum Gasteiger partial charge on any atom is -0.449 e. The Morgan fingerprint density at radius 3 is 1.74 bits per heavy atom. The molecule has 0 aromatic heterocycles. The Bertz CT molecular complexity index is 430. The van der Waals surface area contributed by atoms with Gasteiger partial charge in [0.15, 0.2) is 0 Å². The van der Waals surface area contributed by atoms with Gasteiger partial charge in [-0.1, -0.05) is 117 Å². The van der Waals surface area contributed by atoms with E-state index >= 15 is 0 Å². The summed E-state index contributed by atoms with van der Waals surface area (Å²) < 4.78 is 11.0. The minimum atomic E-state index is -0.361. The molecule has 0 aliphatic rings. The predicted octanol–water partition coefficient (Wildman–Crippen LogP) is 8.39. The van der Waals surface area contributed by atoms with Crippen molar-refractivity contribution in [2.24, 2.45) is 5.92 Å². The molecular formula is C29H57NO4. The molecule has 0 aromatic carbocycles. The summed E-state index contributed by atoms with van der Waals surface area (Å²) in [5.74, 6) is 0.208. The van der Waals surface area contributed by atoms with E-state index in [0.717, 1.165) is 38.6 Å². The summed E-state index contributed by atoms with van der Waals surface area (Å²) in [6.07, 6.45) is 25.9. The number of rotatable bonds is 27. The molecule has 5 nitrogen and oxygen atoms in total. The Morgan fingerprint density at radius 2 is 1.21 bits per heavy atom. The van der Waals surface area contributed by atoms with Crippen LogP contribution in [0, 0.1) is 5.92 Å². The molecule has 0 rings (SSSR count). The molecule has 5 heteroatoms. The zero-order valence-corrected chi connectivity index (χ0v) is 22.8. The average Bonchev–Trinajstić information content (AvgIpc) is 2.84. The number of hydrogen-bond acceptors (Lipinski definition) is 4. The fourth-order valence-corrected chi connectivity index (χ4v) is 4.07. The summed E-state index contributed by atoms with van der Waals surface area (Å²) in [5, 5.41) is 2.75. The smallest absolute Gasteiger partial charge is 0.407 e. The summed E-state index contributed by atoms with van der Waals surface area (Å²) in [7, 11) is 0. The zero-order valence-electron chi connectivity index (χ0n) is 22.8. The van der Waals surface area contributed by atoms with Crippen molar-refractivity contribution < 1.29 is 19.1 Å². The number of aldehydes is 1. The number of nitrogens with one attached hydrogen (secondary N) is 1. The molecule has 0 saturated carbocycles. The number of hydrogen-bond donors (Lipinski definition) is 1. The summed E-state index contributed by atoms with van der Waals surface area (Å²) >= 11 is 0. The van der Waals surface area contributed by atoms with Crippen molar-refractivity contribution in [1.29, 1.82) is 0 Å². The van der Waals surface area contributed by atoms with Gasteiger partial charge in [-0.25, -0.2) is 4.79 Å². The van der Waals surface area contributed by atoms with Crippen LogP contribution in [0.4, 0.5) is 4.79 Å². The first kappa shape index (κ1) is 32.9. The quantitative estimate of drug-likeness (QED) is 0.0941. The van der Waals surface area contributed by atoms with E-state index in [1.807, 2.05) is 6.92 Å². The van der Waals surface area contributed by atoms with Gasteiger partial charge in [-0.15, -0.1) is 0 Å². The van der Waals surface area contributed by atoms with Gasteiger partial charge in [0.1, 0.15) is 6.29 Å². The monoisotopic (exact) mass is 483 g/mol. The standard InChI is InChI=1S/C29H57NO4/c1-3-4-5-6-7-8-9-10-11-12-13-14-15-16-19-22-25-33-26-28(2)27-34-29(32)30-23-20-17-18-21-24-31/h24,28H,3-23,25-27H2,1-2H3,(H,30,32)/t28-/m0/s1. The van der Waals surface area contributed by atoms with Crippen LogP contribution in [0.15, 0.2) is 0 Å². The molecule has 0 aliphatic heterocycles. The van der Waals surface area contributed by atoms with E-state index in [1.165, 1.54) is 96.3 Å². The van der Waals surface area contributed by atoms with E-state index in [9.17, 15) is 9.59 Å². The van der Waals surface area contributed by atoms with Crippen molar-refractivity contribution in [2.45, 2.75) is 142 Å². The third kappa shape index (κ3) is 27.1. The average molecular weight is 484 g/mol. The van der Waals surface area contributed by atoms with Gasteiger partial charge >= 0.3 is 6.09 Å². The van der Waals surface area contributed by atoms with E-state index in [1.54, 1.807) is 0 Å². The maximum Gasteiger partial charge on any atom is 0.407 e. The second kappa shape index (κ2) is 28.1. The Hall–Kier alpha value is -1.10.